The number of benzene rings is 2. The monoisotopic (exact) mass is 489 g/mol. The van der Waals surface area contributed by atoms with Gasteiger partial charge in [-0.25, -0.2) is 18.3 Å². The van der Waals surface area contributed by atoms with Gasteiger partial charge in [-0.2, -0.15) is 0 Å². The molecule has 5 rings (SSSR count). The van der Waals surface area contributed by atoms with Gasteiger partial charge in [0.05, 0.1) is 22.6 Å². The summed E-state index contributed by atoms with van der Waals surface area (Å²) in [4.78, 5) is 0. The van der Waals surface area contributed by atoms with Crippen molar-refractivity contribution < 1.29 is 13.7 Å². The summed E-state index contributed by atoms with van der Waals surface area (Å²) in [6.07, 6.45) is 10.4. The first-order valence-electron chi connectivity index (χ1n) is 12.3. The van der Waals surface area contributed by atoms with Gasteiger partial charge >= 0.3 is 11.6 Å². The molecule has 0 bridgehead atoms. The van der Waals surface area contributed by atoms with Crippen LogP contribution in [0.3, 0.4) is 0 Å². The highest BCUT2D eigenvalue weighted by Crippen LogP contribution is 2.15. The summed E-state index contributed by atoms with van der Waals surface area (Å²) in [5, 5.41) is 17.6. The second-order valence-corrected chi connectivity index (χ2v) is 8.46. The summed E-state index contributed by atoms with van der Waals surface area (Å²) in [6, 6.07) is 31.5. The van der Waals surface area contributed by atoms with Crippen molar-refractivity contribution in [3.63, 3.8) is 0 Å². The van der Waals surface area contributed by atoms with Crippen molar-refractivity contribution in [2.45, 2.75) is 26.2 Å². The Labute approximate surface area is 216 Å². The van der Waals surface area contributed by atoms with Crippen LogP contribution in [-0.4, -0.2) is 4.57 Å². The summed E-state index contributed by atoms with van der Waals surface area (Å²) in [5.41, 5.74) is 1.68. The van der Waals surface area contributed by atoms with E-state index in [4.69, 9.17) is 0 Å². The van der Waals surface area contributed by atoms with E-state index in [2.05, 4.69) is 57.4 Å². The first-order valence-corrected chi connectivity index (χ1v) is 12.3. The molecule has 0 amide bonds. The zero-order valence-corrected chi connectivity index (χ0v) is 20.5. The number of aromatic nitrogens is 4. The molecular weight excluding hydrogens is 460 g/mol. The van der Waals surface area contributed by atoms with Gasteiger partial charge in [-0.05, 0) is 46.6 Å². The predicted octanol–water partition coefficient (Wildman–Crippen LogP) is 5.58. The Balaban J connectivity index is 1.19. The molecule has 37 heavy (non-hydrogen) atoms. The Bertz CT molecular complexity index is 1360. The lowest BCUT2D eigenvalue weighted by Gasteiger charge is -2.00. The Morgan fingerprint density at radius 1 is 0.514 bits per heavy atom. The maximum absolute atomic E-state index is 4.45. The van der Waals surface area contributed by atoms with Crippen molar-refractivity contribution in [1.29, 1.82) is 0 Å². The van der Waals surface area contributed by atoms with E-state index < -0.39 is 0 Å². The Hall–Kier alpha value is -4.85. The molecular formula is C29H29N8+3. The molecule has 8 heteroatoms. The van der Waals surface area contributed by atoms with Crippen LogP contribution in [0.15, 0.2) is 149 Å². The minimum absolute atomic E-state index is 0.788. The van der Waals surface area contributed by atoms with Crippen LogP contribution in [0, 0.1) is 0 Å². The first-order chi connectivity index (χ1) is 18.3. The average molecular weight is 490 g/mol. The number of hydrogen-bond donors (Lipinski definition) is 0. The maximum Gasteiger partial charge on any atom is 0.350 e. The molecule has 182 valence electrons. The van der Waals surface area contributed by atoms with E-state index in [1.165, 1.54) is 0 Å². The molecule has 5 aromatic rings. The zero-order valence-electron chi connectivity index (χ0n) is 20.5. The Morgan fingerprint density at radius 2 is 1.05 bits per heavy atom. The first kappa shape index (κ1) is 23.9. The highest BCUT2D eigenvalue weighted by Gasteiger charge is 2.13. The predicted molar refractivity (Wildman–Crippen MR) is 139 cm³/mol. The SMILES string of the molecule is c1ccc(N=Nc2cccc[n+]2CCn2cc[n+](CC[n+]3ccccc3N=Nc3ccccc3)c2)cc1. The fourth-order valence-electron chi connectivity index (χ4n) is 3.85. The molecule has 0 aliphatic carbocycles. The molecule has 0 spiro atoms. The number of hydrogen-bond acceptors (Lipinski definition) is 4. The minimum Gasteiger partial charge on any atom is -0.233 e. The van der Waals surface area contributed by atoms with Crippen molar-refractivity contribution in [2.75, 3.05) is 0 Å². The Morgan fingerprint density at radius 3 is 1.65 bits per heavy atom. The zero-order chi connectivity index (χ0) is 25.1. The lowest BCUT2D eigenvalue weighted by Crippen LogP contribution is -2.43. The smallest absolute Gasteiger partial charge is 0.233 e. The normalized spacial score (nSPS) is 11.5. The van der Waals surface area contributed by atoms with E-state index in [1.54, 1.807) is 0 Å². The van der Waals surface area contributed by atoms with Gasteiger partial charge in [-0.1, -0.05) is 48.5 Å². The number of rotatable bonds is 10. The van der Waals surface area contributed by atoms with Gasteiger partial charge in [0.25, 0.3) is 0 Å². The van der Waals surface area contributed by atoms with Gasteiger partial charge in [0.1, 0.15) is 49.9 Å². The molecule has 8 nitrogen and oxygen atoms in total. The number of aryl methyl sites for hydroxylation is 4. The number of pyridine rings is 2. The summed E-state index contributed by atoms with van der Waals surface area (Å²) in [7, 11) is 0. The topological polar surface area (TPSA) is 66.0 Å². The van der Waals surface area contributed by atoms with Crippen LogP contribution in [0.1, 0.15) is 0 Å². The molecule has 3 heterocycles. The van der Waals surface area contributed by atoms with E-state index in [0.717, 1.165) is 49.2 Å². The number of nitrogens with zero attached hydrogens (tertiary/aromatic N) is 8. The third kappa shape index (κ3) is 6.85. The van der Waals surface area contributed by atoms with Gasteiger partial charge in [0.15, 0.2) is 0 Å². The molecule has 0 saturated heterocycles. The minimum atomic E-state index is 0.788. The summed E-state index contributed by atoms with van der Waals surface area (Å²) >= 11 is 0. The van der Waals surface area contributed by atoms with Crippen LogP contribution in [0.5, 0.6) is 0 Å². The molecule has 0 atom stereocenters. The van der Waals surface area contributed by atoms with Gasteiger partial charge in [-0.15, -0.1) is 0 Å². The molecule has 3 aromatic heterocycles. The van der Waals surface area contributed by atoms with Crippen molar-refractivity contribution in [2.24, 2.45) is 20.5 Å². The van der Waals surface area contributed by atoms with Crippen molar-refractivity contribution in [1.82, 2.24) is 4.57 Å². The lowest BCUT2D eigenvalue weighted by atomic mass is 10.3. The van der Waals surface area contributed by atoms with Crippen molar-refractivity contribution in [3.8, 4) is 0 Å². The molecule has 0 radical (unpaired) electrons. The van der Waals surface area contributed by atoms with Crippen LogP contribution in [-0.2, 0) is 26.2 Å². The highest BCUT2D eigenvalue weighted by molar-refractivity contribution is 5.36. The largest absolute Gasteiger partial charge is 0.350 e. The van der Waals surface area contributed by atoms with E-state index in [9.17, 15) is 0 Å². The van der Waals surface area contributed by atoms with Crippen LogP contribution in [0.2, 0.25) is 0 Å². The molecule has 0 saturated carbocycles. The fourth-order valence-corrected chi connectivity index (χ4v) is 3.85. The second kappa shape index (κ2) is 12.2. The van der Waals surface area contributed by atoms with E-state index in [1.807, 2.05) is 109 Å². The molecule has 0 fully saturated rings. The highest BCUT2D eigenvalue weighted by atomic mass is 15.2. The van der Waals surface area contributed by atoms with Gasteiger partial charge < -0.3 is 0 Å². The van der Waals surface area contributed by atoms with E-state index in [0.29, 0.717) is 0 Å². The van der Waals surface area contributed by atoms with Crippen LogP contribution < -0.4 is 13.7 Å². The third-order valence-electron chi connectivity index (χ3n) is 5.83. The maximum atomic E-state index is 4.45. The van der Waals surface area contributed by atoms with Gasteiger partial charge in [-0.3, -0.25) is 0 Å². The van der Waals surface area contributed by atoms with Crippen molar-refractivity contribution >= 4 is 23.0 Å². The molecule has 0 aliphatic rings. The lowest BCUT2D eigenvalue weighted by molar-refractivity contribution is -0.772. The van der Waals surface area contributed by atoms with E-state index in [-0.39, 0.29) is 0 Å². The quantitative estimate of drug-likeness (QED) is 0.182. The van der Waals surface area contributed by atoms with Crippen LogP contribution >= 0.6 is 0 Å². The van der Waals surface area contributed by atoms with Crippen molar-refractivity contribution in [3.05, 3.63) is 128 Å². The van der Waals surface area contributed by atoms with Crippen LogP contribution in [0.25, 0.3) is 0 Å². The summed E-state index contributed by atoms with van der Waals surface area (Å²) in [5.74, 6) is 1.65. The van der Waals surface area contributed by atoms with Crippen LogP contribution in [0.4, 0.5) is 23.0 Å². The number of imidazole rings is 1. The summed E-state index contributed by atoms with van der Waals surface area (Å²) < 4.78 is 8.59. The summed E-state index contributed by atoms with van der Waals surface area (Å²) in [6.45, 7) is 3.22. The Kier molecular flexibility index (Phi) is 7.88. The third-order valence-corrected chi connectivity index (χ3v) is 5.83. The molecule has 2 aromatic carbocycles. The van der Waals surface area contributed by atoms with E-state index >= 15 is 0 Å². The second-order valence-electron chi connectivity index (χ2n) is 8.46. The fraction of sp³-hybridized carbons (Fsp3) is 0.138. The molecule has 0 aliphatic heterocycles. The van der Waals surface area contributed by atoms with Gasteiger partial charge in [0, 0.05) is 12.1 Å². The standard InChI is InChI=1S/C29H29N8/c1-3-11-26(12-4-1)30-32-28-15-7-9-17-36(28)23-21-34-19-20-35(25-34)22-24-37-18-10-8-16-29(37)33-31-27-13-5-2-6-14-27/h1-20,25H,21-24H2/q+3. The van der Waals surface area contributed by atoms with Gasteiger partial charge in [0.2, 0.25) is 6.33 Å². The molecule has 0 unspecified atom stereocenters. The number of azo groups is 2. The molecule has 0 N–H and O–H groups in total. The average Bonchev–Trinajstić information content (AvgIpc) is 3.42.